The maximum Gasteiger partial charge on any atom is 0.122 e. The van der Waals surface area contributed by atoms with Crippen LogP contribution in [0.4, 0.5) is 0 Å². The standard InChI is InChI=1S/C17H19NO/c1-12-6-8-13(9-7-12)10-16(18)15-11-19-17-5-3-2-4-14(15)17/h2-9,15-16H,10-11,18H2,1H3. The minimum absolute atomic E-state index is 0.103. The highest BCUT2D eigenvalue weighted by atomic mass is 16.5. The number of aryl methyl sites for hydroxylation is 1. The Morgan fingerprint density at radius 1 is 1.16 bits per heavy atom. The lowest BCUT2D eigenvalue weighted by molar-refractivity contribution is 0.313. The van der Waals surface area contributed by atoms with E-state index >= 15 is 0 Å². The molecule has 3 rings (SSSR count). The Morgan fingerprint density at radius 2 is 1.89 bits per heavy atom. The lowest BCUT2D eigenvalue weighted by atomic mass is 9.89. The van der Waals surface area contributed by atoms with E-state index in [1.165, 1.54) is 16.7 Å². The highest BCUT2D eigenvalue weighted by Crippen LogP contribution is 2.35. The molecule has 1 aliphatic rings. The highest BCUT2D eigenvalue weighted by molar-refractivity contribution is 5.41. The number of ether oxygens (including phenoxy) is 1. The van der Waals surface area contributed by atoms with Crippen LogP contribution in [0.2, 0.25) is 0 Å². The van der Waals surface area contributed by atoms with E-state index in [4.69, 9.17) is 10.5 Å². The number of rotatable bonds is 3. The van der Waals surface area contributed by atoms with Crippen molar-refractivity contribution in [2.75, 3.05) is 6.61 Å². The molecular formula is C17H19NO. The van der Waals surface area contributed by atoms with Crippen molar-refractivity contribution >= 4 is 0 Å². The molecular weight excluding hydrogens is 234 g/mol. The first-order chi connectivity index (χ1) is 9.24. The average molecular weight is 253 g/mol. The second kappa shape index (κ2) is 5.06. The van der Waals surface area contributed by atoms with Crippen molar-refractivity contribution in [2.24, 2.45) is 5.73 Å². The van der Waals surface area contributed by atoms with Gasteiger partial charge in [0.05, 0.1) is 6.61 Å². The van der Waals surface area contributed by atoms with E-state index in [2.05, 4.69) is 43.3 Å². The SMILES string of the molecule is Cc1ccc(CC(N)C2COc3ccccc32)cc1. The van der Waals surface area contributed by atoms with E-state index in [0.29, 0.717) is 12.5 Å². The van der Waals surface area contributed by atoms with Crippen molar-refractivity contribution in [1.82, 2.24) is 0 Å². The van der Waals surface area contributed by atoms with Gasteiger partial charge in [-0.3, -0.25) is 0 Å². The largest absolute Gasteiger partial charge is 0.493 e. The summed E-state index contributed by atoms with van der Waals surface area (Å²) in [4.78, 5) is 0. The Labute approximate surface area is 114 Å². The third kappa shape index (κ3) is 2.49. The number of nitrogens with two attached hydrogens (primary N) is 1. The molecule has 0 aliphatic carbocycles. The summed E-state index contributed by atoms with van der Waals surface area (Å²) in [5.74, 6) is 1.30. The van der Waals surface area contributed by atoms with Gasteiger partial charge >= 0.3 is 0 Å². The summed E-state index contributed by atoms with van der Waals surface area (Å²) in [6.45, 7) is 2.80. The smallest absolute Gasteiger partial charge is 0.122 e. The molecule has 0 bridgehead atoms. The summed E-state index contributed by atoms with van der Waals surface area (Å²) >= 11 is 0. The van der Waals surface area contributed by atoms with Crippen molar-refractivity contribution < 1.29 is 4.74 Å². The van der Waals surface area contributed by atoms with Crippen molar-refractivity contribution in [3.63, 3.8) is 0 Å². The normalized spacial score (nSPS) is 18.7. The fourth-order valence-corrected chi connectivity index (χ4v) is 2.68. The quantitative estimate of drug-likeness (QED) is 0.912. The number of benzene rings is 2. The third-order valence-corrected chi connectivity index (χ3v) is 3.85. The number of fused-ring (bicyclic) bond motifs is 1. The van der Waals surface area contributed by atoms with E-state index in [1.807, 2.05) is 12.1 Å². The predicted molar refractivity (Wildman–Crippen MR) is 77.5 cm³/mol. The molecule has 2 nitrogen and oxygen atoms in total. The second-order valence-electron chi connectivity index (χ2n) is 5.31. The van der Waals surface area contributed by atoms with E-state index in [1.54, 1.807) is 0 Å². The maximum absolute atomic E-state index is 6.38. The molecule has 0 saturated heterocycles. The van der Waals surface area contributed by atoms with Crippen molar-refractivity contribution in [2.45, 2.75) is 25.3 Å². The summed E-state index contributed by atoms with van der Waals surface area (Å²) in [5.41, 5.74) is 10.2. The maximum atomic E-state index is 6.38. The van der Waals surface area contributed by atoms with Gasteiger partial charge < -0.3 is 10.5 Å². The minimum atomic E-state index is 0.103. The van der Waals surface area contributed by atoms with Crippen LogP contribution in [0.3, 0.4) is 0 Å². The van der Waals surface area contributed by atoms with Crippen LogP contribution < -0.4 is 10.5 Å². The summed E-state index contributed by atoms with van der Waals surface area (Å²) in [6, 6.07) is 16.9. The van der Waals surface area contributed by atoms with Gasteiger partial charge in [0.2, 0.25) is 0 Å². The molecule has 0 fully saturated rings. The Balaban J connectivity index is 1.75. The average Bonchev–Trinajstić information content (AvgIpc) is 2.85. The first kappa shape index (κ1) is 12.2. The molecule has 0 aromatic heterocycles. The van der Waals surface area contributed by atoms with Crippen LogP contribution in [-0.4, -0.2) is 12.6 Å². The first-order valence-electron chi connectivity index (χ1n) is 6.77. The highest BCUT2D eigenvalue weighted by Gasteiger charge is 2.28. The molecule has 2 atom stereocenters. The van der Waals surface area contributed by atoms with Crippen LogP contribution in [0, 0.1) is 6.92 Å². The third-order valence-electron chi connectivity index (χ3n) is 3.85. The zero-order chi connectivity index (χ0) is 13.2. The molecule has 2 N–H and O–H groups in total. The van der Waals surface area contributed by atoms with Gasteiger partial charge in [-0.1, -0.05) is 48.0 Å². The van der Waals surface area contributed by atoms with Crippen molar-refractivity contribution in [3.05, 3.63) is 65.2 Å². The van der Waals surface area contributed by atoms with Gasteiger partial charge in [0, 0.05) is 17.5 Å². The molecule has 0 radical (unpaired) electrons. The fraction of sp³-hybridized carbons (Fsp3) is 0.294. The zero-order valence-corrected chi connectivity index (χ0v) is 11.2. The van der Waals surface area contributed by atoms with Gasteiger partial charge in [-0.2, -0.15) is 0 Å². The lowest BCUT2D eigenvalue weighted by Crippen LogP contribution is -2.31. The molecule has 98 valence electrons. The van der Waals surface area contributed by atoms with Crippen LogP contribution in [0.1, 0.15) is 22.6 Å². The molecule has 2 unspecified atom stereocenters. The molecule has 0 spiro atoms. The van der Waals surface area contributed by atoms with Gasteiger partial charge in [0.25, 0.3) is 0 Å². The minimum Gasteiger partial charge on any atom is -0.493 e. The van der Waals surface area contributed by atoms with Gasteiger partial charge in [-0.15, -0.1) is 0 Å². The number of para-hydroxylation sites is 1. The molecule has 2 heteroatoms. The summed E-state index contributed by atoms with van der Waals surface area (Å²) < 4.78 is 5.71. The van der Waals surface area contributed by atoms with Crippen LogP contribution >= 0.6 is 0 Å². The van der Waals surface area contributed by atoms with E-state index in [0.717, 1.165) is 12.2 Å². The Bertz CT molecular complexity index is 562. The molecule has 0 saturated carbocycles. The van der Waals surface area contributed by atoms with Gasteiger partial charge in [0.15, 0.2) is 0 Å². The molecule has 1 aliphatic heterocycles. The van der Waals surface area contributed by atoms with E-state index < -0.39 is 0 Å². The van der Waals surface area contributed by atoms with Crippen LogP contribution in [0.15, 0.2) is 48.5 Å². The van der Waals surface area contributed by atoms with Crippen molar-refractivity contribution in [3.8, 4) is 5.75 Å². The molecule has 1 heterocycles. The molecule has 0 amide bonds. The van der Waals surface area contributed by atoms with Crippen molar-refractivity contribution in [1.29, 1.82) is 0 Å². The molecule has 2 aromatic carbocycles. The topological polar surface area (TPSA) is 35.2 Å². The Kier molecular flexibility index (Phi) is 3.26. The predicted octanol–water partition coefficient (Wildman–Crippen LogP) is 3.04. The van der Waals surface area contributed by atoms with Gasteiger partial charge in [-0.05, 0) is 25.0 Å². The molecule has 19 heavy (non-hydrogen) atoms. The zero-order valence-electron chi connectivity index (χ0n) is 11.2. The van der Waals surface area contributed by atoms with E-state index in [-0.39, 0.29) is 6.04 Å². The fourth-order valence-electron chi connectivity index (χ4n) is 2.68. The summed E-state index contributed by atoms with van der Waals surface area (Å²) in [6.07, 6.45) is 0.892. The lowest BCUT2D eigenvalue weighted by Gasteiger charge is -2.18. The van der Waals surface area contributed by atoms with Gasteiger partial charge in [-0.25, -0.2) is 0 Å². The Hall–Kier alpha value is -1.80. The Morgan fingerprint density at radius 3 is 2.68 bits per heavy atom. The monoisotopic (exact) mass is 253 g/mol. The summed E-state index contributed by atoms with van der Waals surface area (Å²) in [5, 5.41) is 0. The van der Waals surface area contributed by atoms with Crippen LogP contribution in [0.5, 0.6) is 5.75 Å². The van der Waals surface area contributed by atoms with Crippen LogP contribution in [-0.2, 0) is 6.42 Å². The second-order valence-corrected chi connectivity index (χ2v) is 5.31. The first-order valence-corrected chi connectivity index (χ1v) is 6.77. The van der Waals surface area contributed by atoms with Gasteiger partial charge in [0.1, 0.15) is 5.75 Å². The van der Waals surface area contributed by atoms with Crippen LogP contribution in [0.25, 0.3) is 0 Å². The number of hydrogen-bond donors (Lipinski definition) is 1. The molecule has 2 aromatic rings. The summed E-state index contributed by atoms with van der Waals surface area (Å²) in [7, 11) is 0. The van der Waals surface area contributed by atoms with E-state index in [9.17, 15) is 0 Å². The number of hydrogen-bond acceptors (Lipinski definition) is 2.